The Morgan fingerprint density at radius 1 is 0.944 bits per heavy atom. The van der Waals surface area contributed by atoms with Gasteiger partial charge in [-0.1, -0.05) is 42.5 Å². The number of aliphatic hydroxyl groups excluding tert-OH is 2. The van der Waals surface area contributed by atoms with Gasteiger partial charge in [0.25, 0.3) is 0 Å². The Morgan fingerprint density at radius 3 is 2.33 bits per heavy atom. The van der Waals surface area contributed by atoms with E-state index in [0.29, 0.717) is 12.0 Å². The molecule has 94 valence electrons. The van der Waals surface area contributed by atoms with E-state index in [2.05, 4.69) is 0 Å². The summed E-state index contributed by atoms with van der Waals surface area (Å²) in [6.07, 6.45) is -0.271. The van der Waals surface area contributed by atoms with Gasteiger partial charge in [0.15, 0.2) is 0 Å². The molecule has 0 aliphatic rings. The van der Waals surface area contributed by atoms with Crippen LogP contribution in [0.15, 0.2) is 48.5 Å². The Kier molecular flexibility index (Phi) is 3.97. The van der Waals surface area contributed by atoms with Crippen LogP contribution in [0.4, 0.5) is 0 Å². The fourth-order valence-electron chi connectivity index (χ4n) is 2.00. The number of hydrogen-bond donors (Lipinski definition) is 3. The monoisotopic (exact) mass is 244 g/mol. The molecule has 1 unspecified atom stereocenters. The Balaban J connectivity index is 2.22. The summed E-state index contributed by atoms with van der Waals surface area (Å²) in [7, 11) is 0. The van der Waals surface area contributed by atoms with Crippen LogP contribution in [0.1, 0.15) is 22.8 Å². The molecule has 0 fully saturated rings. The summed E-state index contributed by atoms with van der Waals surface area (Å²) in [5, 5.41) is 29.0. The number of aromatic hydroxyl groups is 1. The second kappa shape index (κ2) is 5.67. The van der Waals surface area contributed by atoms with E-state index >= 15 is 0 Å². The van der Waals surface area contributed by atoms with Crippen LogP contribution in [-0.2, 0) is 13.0 Å². The zero-order valence-corrected chi connectivity index (χ0v) is 9.95. The lowest BCUT2D eigenvalue weighted by atomic mass is 9.97. The summed E-state index contributed by atoms with van der Waals surface area (Å²) in [6.45, 7) is -0.233. The highest BCUT2D eigenvalue weighted by Gasteiger charge is 2.12. The van der Waals surface area contributed by atoms with Crippen molar-refractivity contribution in [2.75, 3.05) is 0 Å². The summed E-state index contributed by atoms with van der Waals surface area (Å²) in [4.78, 5) is 0. The van der Waals surface area contributed by atoms with Crippen molar-refractivity contribution in [2.24, 2.45) is 0 Å². The van der Waals surface area contributed by atoms with E-state index in [0.717, 1.165) is 11.1 Å². The molecule has 0 aliphatic heterocycles. The second-order valence-corrected chi connectivity index (χ2v) is 4.20. The smallest absolute Gasteiger partial charge is 0.121 e. The number of rotatable bonds is 4. The molecule has 2 aromatic carbocycles. The predicted octanol–water partition coefficient (Wildman–Crippen LogP) is 2.16. The lowest BCUT2D eigenvalue weighted by molar-refractivity contribution is 0.177. The maximum absolute atomic E-state index is 10.1. The molecule has 0 aromatic heterocycles. The van der Waals surface area contributed by atoms with E-state index in [4.69, 9.17) is 0 Å². The average molecular weight is 244 g/mol. The van der Waals surface area contributed by atoms with E-state index < -0.39 is 6.10 Å². The van der Waals surface area contributed by atoms with Crippen molar-refractivity contribution in [2.45, 2.75) is 19.1 Å². The Labute approximate surface area is 106 Å². The van der Waals surface area contributed by atoms with Crippen LogP contribution in [0, 0.1) is 0 Å². The van der Waals surface area contributed by atoms with Crippen molar-refractivity contribution < 1.29 is 15.3 Å². The molecule has 0 aliphatic carbocycles. The molecule has 2 aromatic rings. The van der Waals surface area contributed by atoms with Gasteiger partial charge >= 0.3 is 0 Å². The molecule has 0 bridgehead atoms. The van der Waals surface area contributed by atoms with Crippen LogP contribution >= 0.6 is 0 Å². The Hall–Kier alpha value is -1.84. The third-order valence-electron chi connectivity index (χ3n) is 3.00. The van der Waals surface area contributed by atoms with E-state index in [-0.39, 0.29) is 12.4 Å². The van der Waals surface area contributed by atoms with Crippen molar-refractivity contribution in [3.8, 4) is 5.75 Å². The van der Waals surface area contributed by atoms with Crippen LogP contribution in [0.5, 0.6) is 5.75 Å². The van der Waals surface area contributed by atoms with Gasteiger partial charge < -0.3 is 15.3 Å². The highest BCUT2D eigenvalue weighted by molar-refractivity contribution is 5.39. The first-order valence-corrected chi connectivity index (χ1v) is 5.86. The minimum atomic E-state index is -0.640. The number of aliphatic hydroxyl groups is 2. The molecular weight excluding hydrogens is 228 g/mol. The van der Waals surface area contributed by atoms with Gasteiger partial charge in [-0.05, 0) is 17.2 Å². The number of hydrogen-bond acceptors (Lipinski definition) is 3. The standard InChI is InChI=1S/C15H16O3/c16-10-13-12(7-4-8-14(13)17)9-15(18)11-5-2-1-3-6-11/h1-8,15-18H,9-10H2. The Morgan fingerprint density at radius 2 is 1.67 bits per heavy atom. The molecule has 0 spiro atoms. The highest BCUT2D eigenvalue weighted by Crippen LogP contribution is 2.25. The zero-order valence-electron chi connectivity index (χ0n) is 9.95. The molecule has 1 atom stereocenters. The molecule has 3 N–H and O–H groups in total. The van der Waals surface area contributed by atoms with Crippen molar-refractivity contribution >= 4 is 0 Å². The van der Waals surface area contributed by atoms with Gasteiger partial charge in [-0.3, -0.25) is 0 Å². The summed E-state index contributed by atoms with van der Waals surface area (Å²) >= 11 is 0. The molecule has 0 heterocycles. The lowest BCUT2D eigenvalue weighted by Crippen LogP contribution is -2.04. The van der Waals surface area contributed by atoms with E-state index in [9.17, 15) is 15.3 Å². The SMILES string of the molecule is OCc1c(O)cccc1CC(O)c1ccccc1. The summed E-state index contributed by atoms with van der Waals surface area (Å²) in [5.74, 6) is 0.0651. The maximum atomic E-state index is 10.1. The topological polar surface area (TPSA) is 60.7 Å². The fourth-order valence-corrected chi connectivity index (χ4v) is 2.00. The van der Waals surface area contributed by atoms with Gasteiger partial charge in [-0.25, -0.2) is 0 Å². The summed E-state index contributed by atoms with van der Waals surface area (Å²) in [6, 6.07) is 14.4. The molecule has 0 radical (unpaired) electrons. The molecule has 3 nitrogen and oxygen atoms in total. The summed E-state index contributed by atoms with van der Waals surface area (Å²) < 4.78 is 0. The number of benzene rings is 2. The normalized spacial score (nSPS) is 12.3. The zero-order chi connectivity index (χ0) is 13.0. The van der Waals surface area contributed by atoms with E-state index in [1.807, 2.05) is 30.3 Å². The van der Waals surface area contributed by atoms with Crippen LogP contribution in [0.25, 0.3) is 0 Å². The van der Waals surface area contributed by atoms with Crippen molar-refractivity contribution in [1.82, 2.24) is 0 Å². The van der Waals surface area contributed by atoms with E-state index in [1.165, 1.54) is 6.07 Å². The highest BCUT2D eigenvalue weighted by atomic mass is 16.3. The van der Waals surface area contributed by atoms with Crippen molar-refractivity contribution in [3.05, 3.63) is 65.2 Å². The predicted molar refractivity (Wildman–Crippen MR) is 69.1 cm³/mol. The lowest BCUT2D eigenvalue weighted by Gasteiger charge is -2.14. The molecule has 0 saturated carbocycles. The summed E-state index contributed by atoms with van der Waals surface area (Å²) in [5.41, 5.74) is 2.06. The van der Waals surface area contributed by atoms with Crippen LogP contribution < -0.4 is 0 Å². The average Bonchev–Trinajstić information content (AvgIpc) is 2.40. The van der Waals surface area contributed by atoms with Gasteiger partial charge in [-0.15, -0.1) is 0 Å². The van der Waals surface area contributed by atoms with Gasteiger partial charge in [0.1, 0.15) is 5.75 Å². The first-order valence-electron chi connectivity index (χ1n) is 5.86. The molecule has 0 amide bonds. The van der Waals surface area contributed by atoms with Crippen LogP contribution in [0.2, 0.25) is 0 Å². The fraction of sp³-hybridized carbons (Fsp3) is 0.200. The molecule has 3 heteroatoms. The molecule has 2 rings (SSSR count). The number of phenols is 1. The third kappa shape index (κ3) is 2.70. The van der Waals surface area contributed by atoms with Gasteiger partial charge in [0.05, 0.1) is 12.7 Å². The maximum Gasteiger partial charge on any atom is 0.121 e. The van der Waals surface area contributed by atoms with Gasteiger partial charge in [0.2, 0.25) is 0 Å². The van der Waals surface area contributed by atoms with Crippen molar-refractivity contribution in [1.29, 1.82) is 0 Å². The van der Waals surface area contributed by atoms with Crippen LogP contribution in [0.3, 0.4) is 0 Å². The first-order chi connectivity index (χ1) is 8.72. The largest absolute Gasteiger partial charge is 0.508 e. The van der Waals surface area contributed by atoms with Crippen molar-refractivity contribution in [3.63, 3.8) is 0 Å². The molecule has 0 saturated heterocycles. The quantitative estimate of drug-likeness (QED) is 0.772. The molecular formula is C15H16O3. The van der Waals surface area contributed by atoms with Crippen LogP contribution in [-0.4, -0.2) is 15.3 Å². The second-order valence-electron chi connectivity index (χ2n) is 4.20. The van der Waals surface area contributed by atoms with E-state index in [1.54, 1.807) is 12.1 Å². The Bertz CT molecular complexity index is 508. The van der Waals surface area contributed by atoms with Gasteiger partial charge in [0, 0.05) is 12.0 Å². The first kappa shape index (κ1) is 12.6. The third-order valence-corrected chi connectivity index (χ3v) is 3.00. The van der Waals surface area contributed by atoms with Gasteiger partial charge in [-0.2, -0.15) is 0 Å². The minimum Gasteiger partial charge on any atom is -0.508 e. The molecule has 18 heavy (non-hydrogen) atoms. The minimum absolute atomic E-state index is 0.0651.